The average Bonchev–Trinajstić information content (AvgIpc) is 1.32. The van der Waals surface area contributed by atoms with E-state index in [4.69, 9.17) is 2.74 Å². The van der Waals surface area contributed by atoms with Crippen molar-refractivity contribution in [3.63, 3.8) is 0 Å². The van der Waals surface area contributed by atoms with Gasteiger partial charge in [-0.05, 0) is 0 Å². The van der Waals surface area contributed by atoms with Crippen molar-refractivity contribution in [2.45, 2.75) is 25.6 Å². The van der Waals surface area contributed by atoms with Gasteiger partial charge in [0.2, 0.25) is 0 Å². The van der Waals surface area contributed by atoms with Gasteiger partial charge in [0.1, 0.15) is 0 Å². The minimum Gasteiger partial charge on any atom is -0.0533 e. The van der Waals surface area contributed by atoms with Crippen LogP contribution in [0.2, 0.25) is 0 Å². The van der Waals surface area contributed by atoms with Crippen molar-refractivity contribution < 1.29 is 2.74 Å². The van der Waals surface area contributed by atoms with Crippen molar-refractivity contribution in [2.75, 3.05) is 0 Å². The summed E-state index contributed by atoms with van der Waals surface area (Å²) in [6.45, 7) is 0. The van der Waals surface area contributed by atoms with Crippen LogP contribution in [-0.4, -0.2) is 0 Å². The highest BCUT2D eigenvalue weighted by atomic mass is 14.0. The molecule has 0 aromatic heterocycles. The van der Waals surface area contributed by atoms with Crippen LogP contribution < -0.4 is 0 Å². The van der Waals surface area contributed by atoms with Gasteiger partial charge in [0.25, 0.3) is 0 Å². The molecule has 0 N–H and O–H groups in total. The molecule has 1 rings (SSSR count). The highest BCUT2D eigenvalue weighted by molar-refractivity contribution is 4.50. The zero-order chi connectivity index (χ0) is 4.62. The quantitative estimate of drug-likeness (QED) is 0.396. The summed E-state index contributed by atoms with van der Waals surface area (Å²) < 4.78 is 13.9. The van der Waals surface area contributed by atoms with E-state index in [1.54, 1.807) is 0 Å². The Kier molecular flexibility index (Phi) is 0.188. The van der Waals surface area contributed by atoms with Crippen molar-refractivity contribution in [1.29, 1.82) is 0 Å². The van der Waals surface area contributed by atoms with Crippen molar-refractivity contribution in [2.24, 2.45) is 0 Å². The molecule has 0 spiro atoms. The van der Waals surface area contributed by atoms with Crippen LogP contribution in [0.4, 0.5) is 0 Å². The molecule has 0 heteroatoms. The first-order chi connectivity index (χ1) is 2.71. The molecular weight excluding hydrogens is 48.0 g/mol. The Labute approximate surface area is 29.6 Å². The van der Waals surface area contributed by atoms with Crippen molar-refractivity contribution in [3.8, 4) is 0 Å². The molecule has 1 fully saturated rings. The van der Waals surface area contributed by atoms with Crippen molar-refractivity contribution >= 4 is 0 Å². The van der Waals surface area contributed by atoms with E-state index < -0.39 is 6.37 Å². The molecule has 1 saturated carbocycles. The third-order valence-corrected chi connectivity index (χ3v) is 0.707. The average molecular weight is 58.1 g/mol. The number of rotatable bonds is 0. The molecule has 0 radical (unpaired) electrons. The van der Waals surface area contributed by atoms with Gasteiger partial charge in [0.05, 0.1) is 0 Å². The Hall–Kier alpha value is 0. The fourth-order valence-electron chi connectivity index (χ4n) is 0.177. The monoisotopic (exact) mass is 58.1 g/mol. The summed E-state index contributed by atoms with van der Waals surface area (Å²) in [4.78, 5) is 0. The van der Waals surface area contributed by atoms with Crippen LogP contribution in [0, 0.1) is 0 Å². The van der Waals surface area contributed by atoms with Crippen LogP contribution in [0.5, 0.6) is 0 Å². The smallest absolute Gasteiger partial charge is 0.0267 e. The van der Waals surface area contributed by atoms with Crippen LogP contribution in [0.15, 0.2) is 0 Å². The molecular formula is C4H8. The first kappa shape index (κ1) is 1.00. The lowest BCUT2D eigenvalue weighted by molar-refractivity contribution is 0.504. The van der Waals surface area contributed by atoms with Gasteiger partial charge in [-0.3, -0.25) is 0 Å². The molecule has 0 unspecified atom stereocenters. The van der Waals surface area contributed by atoms with Gasteiger partial charge in [-0.2, -0.15) is 0 Å². The molecule has 0 saturated heterocycles. The van der Waals surface area contributed by atoms with E-state index in [1.807, 2.05) is 0 Å². The lowest BCUT2D eigenvalue weighted by Gasteiger charge is -2.05. The van der Waals surface area contributed by atoms with E-state index in [2.05, 4.69) is 0 Å². The van der Waals surface area contributed by atoms with Gasteiger partial charge in [-0.25, -0.2) is 0 Å². The summed E-state index contributed by atoms with van der Waals surface area (Å²) in [7, 11) is 0. The lowest BCUT2D eigenvalue weighted by atomic mass is 10.0. The third kappa shape index (κ3) is 0.125. The Morgan fingerprint density at radius 3 is 1.75 bits per heavy atom. The fraction of sp³-hybridized carbons (Fsp3) is 1.00. The topological polar surface area (TPSA) is 0 Å². The molecule has 0 aliphatic heterocycles. The second-order valence-electron chi connectivity index (χ2n) is 1.10. The van der Waals surface area contributed by atoms with Crippen LogP contribution in [0.1, 0.15) is 28.4 Å². The molecule has 0 atom stereocenters. The molecule has 24 valence electrons. The third-order valence-electron chi connectivity index (χ3n) is 0.707. The Bertz CT molecular complexity index is 52.6. The zero-order valence-corrected chi connectivity index (χ0v) is 2.62. The Balaban J connectivity index is 2.31. The van der Waals surface area contributed by atoms with Crippen LogP contribution in [0.25, 0.3) is 0 Å². The molecule has 0 aromatic carbocycles. The second-order valence-corrected chi connectivity index (χ2v) is 1.10. The predicted octanol–water partition coefficient (Wildman–Crippen LogP) is 1.56. The van der Waals surface area contributed by atoms with Crippen LogP contribution in [0.3, 0.4) is 0 Å². The van der Waals surface area contributed by atoms with Crippen LogP contribution >= 0.6 is 0 Å². The van der Waals surface area contributed by atoms with Gasteiger partial charge in [0, 0.05) is 2.74 Å². The fourth-order valence-corrected chi connectivity index (χ4v) is 0.177. The summed E-state index contributed by atoms with van der Waals surface area (Å²) in [5, 5.41) is 0. The highest BCUT2D eigenvalue weighted by Crippen LogP contribution is 2.15. The van der Waals surface area contributed by atoms with Gasteiger partial charge < -0.3 is 0 Å². The summed E-state index contributed by atoms with van der Waals surface area (Å²) in [6, 6.07) is 0. The standard InChI is InChI=1S/C4H8/c1-2-4-3-1/h1-4H2/i1D2. The van der Waals surface area contributed by atoms with Gasteiger partial charge in [-0.15, -0.1) is 0 Å². The predicted molar refractivity (Wildman–Crippen MR) is 18.5 cm³/mol. The molecule has 0 amide bonds. The van der Waals surface area contributed by atoms with E-state index >= 15 is 0 Å². The van der Waals surface area contributed by atoms with Crippen molar-refractivity contribution in [3.05, 3.63) is 0 Å². The molecule has 4 heavy (non-hydrogen) atoms. The highest BCUT2D eigenvalue weighted by Gasteiger charge is 1.95. The van der Waals surface area contributed by atoms with Gasteiger partial charge in [0.15, 0.2) is 0 Å². The summed E-state index contributed by atoms with van der Waals surface area (Å²) in [5.74, 6) is 0. The summed E-state index contributed by atoms with van der Waals surface area (Å²) in [6.07, 6.45) is 1.88. The van der Waals surface area contributed by atoms with E-state index in [1.165, 1.54) is 0 Å². The first-order valence-electron chi connectivity index (χ1n) is 2.71. The maximum atomic E-state index is 6.93. The second kappa shape index (κ2) is 0.750. The van der Waals surface area contributed by atoms with E-state index in [-0.39, 0.29) is 0 Å². The van der Waals surface area contributed by atoms with Gasteiger partial charge >= 0.3 is 0 Å². The minimum atomic E-state index is -0.778. The zero-order valence-electron chi connectivity index (χ0n) is 4.62. The molecule has 1 aliphatic carbocycles. The SMILES string of the molecule is [2H]C1([2H])CCC1. The molecule has 0 heterocycles. The number of hydrogen-bond donors (Lipinski definition) is 0. The Morgan fingerprint density at radius 2 is 1.75 bits per heavy atom. The molecule has 1 aliphatic rings. The molecule has 0 nitrogen and oxygen atoms in total. The molecule has 0 bridgehead atoms. The summed E-state index contributed by atoms with van der Waals surface area (Å²) >= 11 is 0. The van der Waals surface area contributed by atoms with Crippen molar-refractivity contribution in [1.82, 2.24) is 0 Å². The van der Waals surface area contributed by atoms with Gasteiger partial charge in [-0.1, -0.05) is 25.6 Å². The van der Waals surface area contributed by atoms with E-state index in [9.17, 15) is 0 Å². The Morgan fingerprint density at radius 1 is 1.25 bits per heavy atom. The molecule has 0 aromatic rings. The number of hydrogen-bond acceptors (Lipinski definition) is 0. The normalized spacial score (nSPS) is 44.0. The van der Waals surface area contributed by atoms with E-state index in [0.717, 1.165) is 19.3 Å². The first-order valence-corrected chi connectivity index (χ1v) is 1.71. The summed E-state index contributed by atoms with van der Waals surface area (Å²) in [5.41, 5.74) is 0. The van der Waals surface area contributed by atoms with E-state index in [0.29, 0.717) is 0 Å². The largest absolute Gasteiger partial charge is 0.0533 e. The minimum absolute atomic E-state index is 0.778. The van der Waals surface area contributed by atoms with Crippen LogP contribution in [-0.2, 0) is 0 Å². The maximum absolute atomic E-state index is 6.93. The maximum Gasteiger partial charge on any atom is 0.0267 e. The lowest BCUT2D eigenvalue weighted by Crippen LogP contribution is -1.85.